The summed E-state index contributed by atoms with van der Waals surface area (Å²) in [5.41, 5.74) is 5.39. The van der Waals surface area contributed by atoms with Gasteiger partial charge in [0.15, 0.2) is 0 Å². The van der Waals surface area contributed by atoms with E-state index in [1.807, 2.05) is 12.1 Å². The van der Waals surface area contributed by atoms with Crippen LogP contribution in [0.1, 0.15) is 28.3 Å². The molecule has 17 heavy (non-hydrogen) atoms. The fourth-order valence-corrected chi connectivity index (χ4v) is 2.57. The molecule has 1 aliphatic heterocycles. The summed E-state index contributed by atoms with van der Waals surface area (Å²) in [7, 11) is 0. The lowest BCUT2D eigenvalue weighted by molar-refractivity contribution is 0.667. The molecule has 0 spiro atoms. The lowest BCUT2D eigenvalue weighted by Gasteiger charge is -2.12. The average molecular weight is 244 g/mol. The van der Waals surface area contributed by atoms with Crippen LogP contribution in [-0.4, -0.2) is 0 Å². The molecule has 0 bridgehead atoms. The van der Waals surface area contributed by atoms with E-state index in [9.17, 15) is 0 Å². The van der Waals surface area contributed by atoms with Crippen LogP contribution in [0.2, 0.25) is 5.02 Å². The summed E-state index contributed by atoms with van der Waals surface area (Å²) >= 11 is 5.92. The molecule has 0 saturated heterocycles. The summed E-state index contributed by atoms with van der Waals surface area (Å²) in [6.45, 7) is 3.08. The first kappa shape index (κ1) is 10.8. The summed E-state index contributed by atoms with van der Waals surface area (Å²) < 4.78 is 0. The van der Waals surface area contributed by atoms with E-state index in [0.29, 0.717) is 6.04 Å². The van der Waals surface area contributed by atoms with Gasteiger partial charge in [-0.05, 0) is 35.7 Å². The second kappa shape index (κ2) is 4.17. The molecule has 1 nitrogen and oxygen atoms in total. The quantitative estimate of drug-likeness (QED) is 0.803. The molecule has 1 aliphatic rings. The van der Waals surface area contributed by atoms with Crippen LogP contribution >= 0.6 is 11.6 Å². The van der Waals surface area contributed by atoms with E-state index in [-0.39, 0.29) is 0 Å². The molecular weight excluding hydrogens is 230 g/mol. The van der Waals surface area contributed by atoms with Gasteiger partial charge in [0.25, 0.3) is 0 Å². The average Bonchev–Trinajstić information content (AvgIpc) is 2.73. The molecule has 0 radical (unpaired) electrons. The Labute approximate surface area is 106 Å². The summed E-state index contributed by atoms with van der Waals surface area (Å²) in [6.07, 6.45) is 0. The maximum Gasteiger partial charge on any atom is 0.0582 e. The van der Waals surface area contributed by atoms with Gasteiger partial charge in [-0.15, -0.1) is 0 Å². The minimum Gasteiger partial charge on any atom is -0.302 e. The van der Waals surface area contributed by atoms with Gasteiger partial charge in [-0.2, -0.15) is 0 Å². The molecular formula is C15H14ClN. The van der Waals surface area contributed by atoms with E-state index >= 15 is 0 Å². The fourth-order valence-electron chi connectivity index (χ4n) is 2.44. The van der Waals surface area contributed by atoms with Crippen molar-refractivity contribution < 1.29 is 0 Å². The molecule has 3 rings (SSSR count). The van der Waals surface area contributed by atoms with Crippen LogP contribution in [0.25, 0.3) is 0 Å². The Morgan fingerprint density at radius 2 is 1.88 bits per heavy atom. The second-order valence-electron chi connectivity index (χ2n) is 4.57. The molecule has 1 unspecified atom stereocenters. The molecule has 1 atom stereocenters. The maximum absolute atomic E-state index is 5.92. The van der Waals surface area contributed by atoms with Gasteiger partial charge in [-0.1, -0.05) is 47.5 Å². The van der Waals surface area contributed by atoms with Crippen LogP contribution in [0.15, 0.2) is 42.5 Å². The SMILES string of the molecule is Cc1ccc2c(c1)CNC2c1ccc(Cl)cc1. The van der Waals surface area contributed by atoms with E-state index in [1.54, 1.807) is 0 Å². The van der Waals surface area contributed by atoms with Crippen molar-refractivity contribution in [1.82, 2.24) is 5.32 Å². The highest BCUT2D eigenvalue weighted by atomic mass is 35.5. The molecule has 0 aromatic heterocycles. The van der Waals surface area contributed by atoms with Crippen molar-refractivity contribution in [3.63, 3.8) is 0 Å². The number of aryl methyl sites for hydroxylation is 1. The lowest BCUT2D eigenvalue weighted by atomic mass is 9.97. The minimum atomic E-state index is 0.308. The third kappa shape index (κ3) is 1.97. The molecule has 2 heteroatoms. The van der Waals surface area contributed by atoms with E-state index < -0.39 is 0 Å². The number of nitrogens with one attached hydrogen (secondary N) is 1. The van der Waals surface area contributed by atoms with Crippen molar-refractivity contribution in [3.05, 3.63) is 69.7 Å². The van der Waals surface area contributed by atoms with Gasteiger partial charge in [-0.3, -0.25) is 0 Å². The Bertz CT molecular complexity index is 545. The van der Waals surface area contributed by atoms with Crippen molar-refractivity contribution in [2.45, 2.75) is 19.5 Å². The van der Waals surface area contributed by atoms with Gasteiger partial charge in [-0.25, -0.2) is 0 Å². The number of benzene rings is 2. The number of rotatable bonds is 1. The topological polar surface area (TPSA) is 12.0 Å². The maximum atomic E-state index is 5.92. The molecule has 86 valence electrons. The Balaban J connectivity index is 2.01. The predicted molar refractivity (Wildman–Crippen MR) is 71.3 cm³/mol. The van der Waals surface area contributed by atoms with Crippen LogP contribution in [0.3, 0.4) is 0 Å². The highest BCUT2D eigenvalue weighted by Crippen LogP contribution is 2.31. The number of halogens is 1. The smallest absolute Gasteiger partial charge is 0.0582 e. The summed E-state index contributed by atoms with van der Waals surface area (Å²) in [6, 6.07) is 15.1. The van der Waals surface area contributed by atoms with Crippen LogP contribution in [0.4, 0.5) is 0 Å². The normalized spacial score (nSPS) is 18.1. The Hall–Kier alpha value is -1.31. The zero-order valence-corrected chi connectivity index (χ0v) is 10.5. The fraction of sp³-hybridized carbons (Fsp3) is 0.200. The van der Waals surface area contributed by atoms with Crippen molar-refractivity contribution in [3.8, 4) is 0 Å². The van der Waals surface area contributed by atoms with E-state index in [0.717, 1.165) is 11.6 Å². The van der Waals surface area contributed by atoms with Crippen LogP contribution < -0.4 is 5.32 Å². The third-order valence-corrected chi connectivity index (χ3v) is 3.56. The first-order chi connectivity index (χ1) is 8.24. The lowest BCUT2D eigenvalue weighted by Crippen LogP contribution is -2.12. The first-order valence-corrected chi connectivity index (χ1v) is 6.20. The molecule has 2 aromatic rings. The summed E-state index contributed by atoms with van der Waals surface area (Å²) in [5, 5.41) is 4.33. The van der Waals surface area contributed by atoms with E-state index in [4.69, 9.17) is 11.6 Å². The van der Waals surface area contributed by atoms with Crippen LogP contribution in [-0.2, 0) is 6.54 Å². The number of hydrogen-bond donors (Lipinski definition) is 1. The summed E-state index contributed by atoms with van der Waals surface area (Å²) in [4.78, 5) is 0. The van der Waals surface area contributed by atoms with Gasteiger partial charge in [0.05, 0.1) is 6.04 Å². The first-order valence-electron chi connectivity index (χ1n) is 5.82. The van der Waals surface area contributed by atoms with Gasteiger partial charge in [0.1, 0.15) is 0 Å². The Morgan fingerprint density at radius 3 is 2.65 bits per heavy atom. The van der Waals surface area contributed by atoms with Crippen LogP contribution in [0, 0.1) is 6.92 Å². The van der Waals surface area contributed by atoms with Crippen molar-refractivity contribution in [2.75, 3.05) is 0 Å². The molecule has 0 fully saturated rings. The molecule has 1 N–H and O–H groups in total. The van der Waals surface area contributed by atoms with Gasteiger partial charge < -0.3 is 5.32 Å². The highest BCUT2D eigenvalue weighted by Gasteiger charge is 2.22. The monoisotopic (exact) mass is 243 g/mol. The van der Waals surface area contributed by atoms with Crippen LogP contribution in [0.5, 0.6) is 0 Å². The van der Waals surface area contributed by atoms with E-state index in [2.05, 4.69) is 42.6 Å². The van der Waals surface area contributed by atoms with Crippen molar-refractivity contribution in [1.29, 1.82) is 0 Å². The number of hydrogen-bond acceptors (Lipinski definition) is 1. The number of fused-ring (bicyclic) bond motifs is 1. The molecule has 1 heterocycles. The predicted octanol–water partition coefficient (Wildman–Crippen LogP) is 3.84. The minimum absolute atomic E-state index is 0.308. The van der Waals surface area contributed by atoms with Crippen molar-refractivity contribution >= 4 is 11.6 Å². The second-order valence-corrected chi connectivity index (χ2v) is 5.00. The molecule has 0 saturated carbocycles. The zero-order valence-electron chi connectivity index (χ0n) is 9.70. The Kier molecular flexibility index (Phi) is 2.65. The molecule has 0 aliphatic carbocycles. The Morgan fingerprint density at radius 1 is 1.12 bits per heavy atom. The molecule has 0 amide bonds. The molecule has 2 aromatic carbocycles. The van der Waals surface area contributed by atoms with Gasteiger partial charge >= 0.3 is 0 Å². The standard InChI is InChI=1S/C15H14ClN/c1-10-2-7-14-12(8-10)9-17-15(14)11-3-5-13(16)6-4-11/h2-8,15,17H,9H2,1H3. The van der Waals surface area contributed by atoms with Gasteiger partial charge in [0, 0.05) is 11.6 Å². The third-order valence-electron chi connectivity index (χ3n) is 3.31. The van der Waals surface area contributed by atoms with Gasteiger partial charge in [0.2, 0.25) is 0 Å². The van der Waals surface area contributed by atoms with E-state index in [1.165, 1.54) is 22.3 Å². The highest BCUT2D eigenvalue weighted by molar-refractivity contribution is 6.30. The largest absolute Gasteiger partial charge is 0.302 e. The zero-order chi connectivity index (χ0) is 11.8. The van der Waals surface area contributed by atoms with Crippen molar-refractivity contribution in [2.24, 2.45) is 0 Å². The summed E-state index contributed by atoms with van der Waals surface area (Å²) in [5.74, 6) is 0.